The van der Waals surface area contributed by atoms with Crippen LogP contribution in [0, 0.1) is 0 Å². The molecule has 2 nitrogen and oxygen atoms in total. The third kappa shape index (κ3) is 3.02. The predicted octanol–water partition coefficient (Wildman–Crippen LogP) is 3.04. The van der Waals surface area contributed by atoms with Crippen molar-refractivity contribution >= 4 is 11.8 Å². The van der Waals surface area contributed by atoms with Gasteiger partial charge in [-0.05, 0) is 32.0 Å². The van der Waals surface area contributed by atoms with E-state index in [9.17, 15) is 0 Å². The van der Waals surface area contributed by atoms with E-state index in [0.29, 0.717) is 6.04 Å². The predicted molar refractivity (Wildman–Crippen MR) is 65.1 cm³/mol. The highest BCUT2D eigenvalue weighted by atomic mass is 32.2. The van der Waals surface area contributed by atoms with Crippen molar-refractivity contribution in [3.8, 4) is 0 Å². The summed E-state index contributed by atoms with van der Waals surface area (Å²) in [5, 5.41) is 4.19. The fraction of sp³-hybridized carbons (Fsp3) is 0.667. The van der Waals surface area contributed by atoms with Crippen LogP contribution in [0.3, 0.4) is 0 Å². The van der Waals surface area contributed by atoms with Gasteiger partial charge in [0.2, 0.25) is 0 Å². The van der Waals surface area contributed by atoms with Gasteiger partial charge in [-0.2, -0.15) is 0 Å². The molecule has 1 aliphatic rings. The molecule has 0 aromatic carbocycles. The minimum atomic E-state index is 0.693. The van der Waals surface area contributed by atoms with E-state index in [1.807, 2.05) is 17.8 Å². The molecule has 0 radical (unpaired) electrons. The molecule has 2 rings (SSSR count). The molecule has 0 aliphatic heterocycles. The summed E-state index contributed by atoms with van der Waals surface area (Å²) in [4.78, 5) is 0. The van der Waals surface area contributed by atoms with E-state index in [4.69, 9.17) is 4.42 Å². The zero-order valence-electron chi connectivity index (χ0n) is 9.24. The molecule has 1 N–H and O–H groups in total. The van der Waals surface area contributed by atoms with E-state index in [1.165, 1.54) is 25.7 Å². The van der Waals surface area contributed by atoms with Crippen LogP contribution < -0.4 is 5.32 Å². The molecule has 0 saturated heterocycles. The highest BCUT2D eigenvalue weighted by molar-refractivity contribution is 7.99. The lowest BCUT2D eigenvalue weighted by Crippen LogP contribution is -2.38. The Balaban J connectivity index is 1.81. The summed E-state index contributed by atoms with van der Waals surface area (Å²) >= 11 is 2.03. The summed E-state index contributed by atoms with van der Waals surface area (Å²) in [7, 11) is 2.08. The highest BCUT2D eigenvalue weighted by Gasteiger charge is 2.23. The van der Waals surface area contributed by atoms with Crippen LogP contribution in [0.15, 0.2) is 22.8 Å². The maximum absolute atomic E-state index is 5.35. The second-order valence-electron chi connectivity index (χ2n) is 4.11. The summed E-state index contributed by atoms with van der Waals surface area (Å²) in [6, 6.07) is 4.72. The van der Waals surface area contributed by atoms with Gasteiger partial charge in [0.15, 0.2) is 0 Å². The molecular weight excluding hydrogens is 206 g/mol. The van der Waals surface area contributed by atoms with Crippen molar-refractivity contribution in [3.05, 3.63) is 24.2 Å². The lowest BCUT2D eigenvalue weighted by molar-refractivity contribution is 0.405. The summed E-state index contributed by atoms with van der Waals surface area (Å²) in [6.45, 7) is 0. The molecule has 2 atom stereocenters. The number of hydrogen-bond donors (Lipinski definition) is 1. The van der Waals surface area contributed by atoms with Crippen molar-refractivity contribution in [2.45, 2.75) is 42.7 Å². The van der Waals surface area contributed by atoms with E-state index in [0.717, 1.165) is 16.8 Å². The van der Waals surface area contributed by atoms with Gasteiger partial charge < -0.3 is 9.73 Å². The quantitative estimate of drug-likeness (QED) is 0.852. The molecule has 15 heavy (non-hydrogen) atoms. The Hall–Kier alpha value is -0.410. The molecule has 1 aromatic rings. The summed E-state index contributed by atoms with van der Waals surface area (Å²) in [5.74, 6) is 2.11. The number of thioether (sulfide) groups is 1. The monoisotopic (exact) mass is 225 g/mol. The molecule has 0 spiro atoms. The SMILES string of the molecule is CNC1CCCCC1SCc1ccco1. The normalized spacial score (nSPS) is 26.7. The van der Waals surface area contributed by atoms with Crippen molar-refractivity contribution in [2.24, 2.45) is 0 Å². The third-order valence-electron chi connectivity index (χ3n) is 3.09. The molecule has 1 saturated carbocycles. The summed E-state index contributed by atoms with van der Waals surface area (Å²) in [6.07, 6.45) is 7.19. The number of furan rings is 1. The lowest BCUT2D eigenvalue weighted by atomic mass is 9.95. The van der Waals surface area contributed by atoms with Crippen molar-refractivity contribution < 1.29 is 4.42 Å². The van der Waals surface area contributed by atoms with Crippen LogP contribution in [-0.2, 0) is 5.75 Å². The molecule has 2 unspecified atom stereocenters. The Morgan fingerprint density at radius 3 is 3.07 bits per heavy atom. The van der Waals surface area contributed by atoms with Gasteiger partial charge in [0.1, 0.15) is 5.76 Å². The van der Waals surface area contributed by atoms with Crippen molar-refractivity contribution in [2.75, 3.05) is 7.05 Å². The second kappa shape index (κ2) is 5.61. The third-order valence-corrected chi connectivity index (χ3v) is 4.54. The minimum Gasteiger partial charge on any atom is -0.468 e. The lowest BCUT2D eigenvalue weighted by Gasteiger charge is -2.30. The Kier molecular flexibility index (Phi) is 4.15. The Morgan fingerprint density at radius 1 is 1.47 bits per heavy atom. The molecule has 1 fully saturated rings. The Bertz CT molecular complexity index is 273. The van der Waals surface area contributed by atoms with Gasteiger partial charge in [0.05, 0.1) is 12.0 Å². The number of nitrogens with one attached hydrogen (secondary N) is 1. The number of rotatable bonds is 4. The highest BCUT2D eigenvalue weighted by Crippen LogP contribution is 2.30. The van der Waals surface area contributed by atoms with Crippen molar-refractivity contribution in [1.82, 2.24) is 5.32 Å². The van der Waals surface area contributed by atoms with E-state index in [1.54, 1.807) is 6.26 Å². The van der Waals surface area contributed by atoms with Gasteiger partial charge in [-0.3, -0.25) is 0 Å². The first-order valence-corrected chi connectivity index (χ1v) is 6.76. The first-order chi connectivity index (χ1) is 7.40. The molecule has 84 valence electrons. The van der Waals surface area contributed by atoms with Crippen LogP contribution in [0.4, 0.5) is 0 Å². The summed E-state index contributed by atoms with van der Waals surface area (Å²) in [5.41, 5.74) is 0. The average Bonchev–Trinajstić information content (AvgIpc) is 2.79. The zero-order valence-corrected chi connectivity index (χ0v) is 10.1. The summed E-state index contributed by atoms with van der Waals surface area (Å²) < 4.78 is 5.35. The molecule has 0 amide bonds. The van der Waals surface area contributed by atoms with E-state index in [-0.39, 0.29) is 0 Å². The standard InChI is InChI=1S/C12H19NOS/c1-13-11-6-2-3-7-12(11)15-9-10-5-4-8-14-10/h4-5,8,11-13H,2-3,6-7,9H2,1H3. The van der Waals surface area contributed by atoms with E-state index < -0.39 is 0 Å². The second-order valence-corrected chi connectivity index (χ2v) is 5.34. The number of hydrogen-bond acceptors (Lipinski definition) is 3. The van der Waals surface area contributed by atoms with Gasteiger partial charge in [-0.15, -0.1) is 11.8 Å². The molecule has 1 aliphatic carbocycles. The van der Waals surface area contributed by atoms with Crippen molar-refractivity contribution in [3.63, 3.8) is 0 Å². The van der Waals surface area contributed by atoms with E-state index in [2.05, 4.69) is 18.4 Å². The average molecular weight is 225 g/mol. The maximum atomic E-state index is 5.35. The molecule has 0 bridgehead atoms. The van der Waals surface area contributed by atoms with Gasteiger partial charge in [0.25, 0.3) is 0 Å². The van der Waals surface area contributed by atoms with Gasteiger partial charge in [-0.25, -0.2) is 0 Å². The van der Waals surface area contributed by atoms with Crippen LogP contribution in [0.1, 0.15) is 31.4 Å². The van der Waals surface area contributed by atoms with Crippen LogP contribution in [-0.4, -0.2) is 18.3 Å². The Labute approximate surface area is 95.8 Å². The van der Waals surface area contributed by atoms with Crippen LogP contribution in [0.2, 0.25) is 0 Å². The van der Waals surface area contributed by atoms with Gasteiger partial charge >= 0.3 is 0 Å². The topological polar surface area (TPSA) is 25.2 Å². The molecular formula is C12H19NOS. The molecule has 1 heterocycles. The minimum absolute atomic E-state index is 0.693. The van der Waals surface area contributed by atoms with E-state index >= 15 is 0 Å². The van der Waals surface area contributed by atoms with Gasteiger partial charge in [0, 0.05) is 11.3 Å². The van der Waals surface area contributed by atoms with Crippen LogP contribution >= 0.6 is 11.8 Å². The molecule has 3 heteroatoms. The first kappa shape index (κ1) is 11.1. The van der Waals surface area contributed by atoms with Crippen LogP contribution in [0.25, 0.3) is 0 Å². The fourth-order valence-corrected chi connectivity index (χ4v) is 3.59. The largest absolute Gasteiger partial charge is 0.468 e. The Morgan fingerprint density at radius 2 is 2.33 bits per heavy atom. The zero-order chi connectivity index (χ0) is 10.5. The first-order valence-electron chi connectivity index (χ1n) is 5.71. The van der Waals surface area contributed by atoms with Crippen molar-refractivity contribution in [1.29, 1.82) is 0 Å². The van der Waals surface area contributed by atoms with Gasteiger partial charge in [-0.1, -0.05) is 12.8 Å². The smallest absolute Gasteiger partial charge is 0.113 e. The maximum Gasteiger partial charge on any atom is 0.113 e. The molecule has 1 aromatic heterocycles. The van der Waals surface area contributed by atoms with Crippen LogP contribution in [0.5, 0.6) is 0 Å². The fourth-order valence-electron chi connectivity index (χ4n) is 2.21.